The normalized spacial score (nSPS) is 11.8. The van der Waals surface area contributed by atoms with Crippen LogP contribution in [-0.2, 0) is 16.0 Å². The Labute approximate surface area is 212 Å². The fourth-order valence-corrected chi connectivity index (χ4v) is 4.79. The van der Waals surface area contributed by atoms with Gasteiger partial charge in [0.1, 0.15) is 21.5 Å². The number of nitrogens with one attached hydrogen (secondary N) is 1. The second-order valence-electron chi connectivity index (χ2n) is 8.19. The molecule has 0 aliphatic carbocycles. The monoisotopic (exact) mass is 505 g/mol. The Morgan fingerprint density at radius 3 is 2.53 bits per heavy atom. The summed E-state index contributed by atoms with van der Waals surface area (Å²) in [4.78, 5) is 44.0. The van der Waals surface area contributed by atoms with Crippen molar-refractivity contribution in [1.82, 2.24) is 9.55 Å². The number of ether oxygens (including phenoxy) is 2. The molecule has 9 heteroatoms. The number of carbonyl (C=O) groups is 2. The molecule has 8 nitrogen and oxygen atoms in total. The standard InChI is InChI=1S/C27H27N3O5S/c1-4-34-21-12-10-20(11-13-21)29-24(31)18(3)30-16-28-25-22(26(30)32)17(2)23(36-25)27(33)35-15-14-19-8-6-5-7-9-19/h5-13,16,18H,4,14-15H2,1-3H3,(H,29,31). The number of rotatable bonds is 9. The maximum absolute atomic E-state index is 13.3. The highest BCUT2D eigenvalue weighted by Gasteiger charge is 2.23. The van der Waals surface area contributed by atoms with Crippen LogP contribution in [0.15, 0.2) is 65.7 Å². The third-order valence-electron chi connectivity index (χ3n) is 5.76. The van der Waals surface area contributed by atoms with Gasteiger partial charge in [0.25, 0.3) is 5.56 Å². The summed E-state index contributed by atoms with van der Waals surface area (Å²) < 4.78 is 12.1. The van der Waals surface area contributed by atoms with Crippen LogP contribution in [0.25, 0.3) is 10.2 Å². The first-order valence-electron chi connectivity index (χ1n) is 11.6. The number of carbonyl (C=O) groups excluding carboxylic acids is 2. The van der Waals surface area contributed by atoms with Crippen molar-refractivity contribution in [2.45, 2.75) is 33.2 Å². The zero-order valence-electron chi connectivity index (χ0n) is 20.3. The number of hydrogen-bond donors (Lipinski definition) is 1. The number of hydrogen-bond acceptors (Lipinski definition) is 7. The lowest BCUT2D eigenvalue weighted by molar-refractivity contribution is -0.118. The highest BCUT2D eigenvalue weighted by molar-refractivity contribution is 7.20. The van der Waals surface area contributed by atoms with Crippen molar-refractivity contribution in [3.8, 4) is 5.75 Å². The fraction of sp³-hybridized carbons (Fsp3) is 0.259. The summed E-state index contributed by atoms with van der Waals surface area (Å²) in [6.45, 7) is 6.00. The summed E-state index contributed by atoms with van der Waals surface area (Å²) in [5.41, 5.74) is 1.78. The molecule has 0 aliphatic rings. The topological polar surface area (TPSA) is 99.5 Å². The van der Waals surface area contributed by atoms with E-state index in [1.807, 2.05) is 37.3 Å². The van der Waals surface area contributed by atoms with Crippen molar-refractivity contribution < 1.29 is 19.1 Å². The molecule has 36 heavy (non-hydrogen) atoms. The van der Waals surface area contributed by atoms with Crippen LogP contribution in [-0.4, -0.2) is 34.6 Å². The number of aromatic nitrogens is 2. The van der Waals surface area contributed by atoms with E-state index in [-0.39, 0.29) is 18.1 Å². The van der Waals surface area contributed by atoms with Gasteiger partial charge in [-0.2, -0.15) is 0 Å². The van der Waals surface area contributed by atoms with E-state index in [0.717, 1.165) is 16.9 Å². The lowest BCUT2D eigenvalue weighted by Gasteiger charge is -2.15. The molecule has 0 fully saturated rings. The van der Waals surface area contributed by atoms with Crippen LogP contribution >= 0.6 is 11.3 Å². The molecule has 0 bridgehead atoms. The number of aryl methyl sites for hydroxylation is 1. The molecule has 2 aromatic heterocycles. The maximum atomic E-state index is 13.3. The Balaban J connectivity index is 1.49. The van der Waals surface area contributed by atoms with Crippen molar-refractivity contribution in [3.63, 3.8) is 0 Å². The summed E-state index contributed by atoms with van der Waals surface area (Å²) in [5.74, 6) is -0.147. The number of fused-ring (bicyclic) bond motifs is 1. The first-order chi connectivity index (χ1) is 17.4. The minimum atomic E-state index is -0.818. The Bertz CT molecular complexity index is 1430. The average molecular weight is 506 g/mol. The van der Waals surface area contributed by atoms with Crippen LogP contribution in [0, 0.1) is 6.92 Å². The molecular weight excluding hydrogens is 478 g/mol. The molecule has 0 aliphatic heterocycles. The minimum absolute atomic E-state index is 0.233. The van der Waals surface area contributed by atoms with Crippen molar-refractivity contribution in [2.75, 3.05) is 18.5 Å². The van der Waals surface area contributed by atoms with Gasteiger partial charge in [-0.25, -0.2) is 9.78 Å². The summed E-state index contributed by atoms with van der Waals surface area (Å²) in [6.07, 6.45) is 1.94. The van der Waals surface area contributed by atoms with Crippen LogP contribution in [0.1, 0.15) is 40.7 Å². The molecule has 4 rings (SSSR count). The first-order valence-corrected chi connectivity index (χ1v) is 12.5. The summed E-state index contributed by atoms with van der Waals surface area (Å²) >= 11 is 1.12. The first kappa shape index (κ1) is 25.1. The largest absolute Gasteiger partial charge is 0.494 e. The Morgan fingerprint density at radius 2 is 1.83 bits per heavy atom. The zero-order valence-corrected chi connectivity index (χ0v) is 21.1. The van der Waals surface area contributed by atoms with Crippen LogP contribution in [0.3, 0.4) is 0 Å². The smallest absolute Gasteiger partial charge is 0.348 e. The molecule has 1 amide bonds. The van der Waals surface area contributed by atoms with E-state index < -0.39 is 12.0 Å². The van der Waals surface area contributed by atoms with Gasteiger partial charge < -0.3 is 14.8 Å². The SMILES string of the molecule is CCOc1ccc(NC(=O)C(C)n2cnc3sc(C(=O)OCCc4ccccc4)c(C)c3c2=O)cc1. The van der Waals surface area contributed by atoms with Crippen LogP contribution in [0.5, 0.6) is 5.75 Å². The van der Waals surface area contributed by atoms with Gasteiger partial charge in [-0.15, -0.1) is 11.3 Å². The van der Waals surface area contributed by atoms with Crippen molar-refractivity contribution in [2.24, 2.45) is 0 Å². The second kappa shape index (κ2) is 11.2. The molecule has 2 heterocycles. The van der Waals surface area contributed by atoms with Crippen LogP contribution in [0.4, 0.5) is 5.69 Å². The van der Waals surface area contributed by atoms with Gasteiger partial charge >= 0.3 is 5.97 Å². The van der Waals surface area contributed by atoms with Gasteiger partial charge in [0.15, 0.2) is 0 Å². The van der Waals surface area contributed by atoms with Crippen molar-refractivity contribution in [1.29, 1.82) is 0 Å². The Hall–Kier alpha value is -3.98. The summed E-state index contributed by atoms with van der Waals surface area (Å²) in [7, 11) is 0. The van der Waals surface area contributed by atoms with Crippen LogP contribution in [0.2, 0.25) is 0 Å². The summed E-state index contributed by atoms with van der Waals surface area (Å²) in [5, 5.41) is 3.12. The minimum Gasteiger partial charge on any atom is -0.494 e. The van der Waals surface area contributed by atoms with Gasteiger partial charge in [-0.1, -0.05) is 30.3 Å². The van der Waals surface area contributed by atoms with E-state index in [2.05, 4.69) is 10.3 Å². The molecule has 1 unspecified atom stereocenters. The molecule has 1 N–H and O–H groups in total. The number of benzene rings is 2. The van der Waals surface area contributed by atoms with E-state index in [1.165, 1.54) is 10.9 Å². The molecule has 1 atom stereocenters. The van der Waals surface area contributed by atoms with Gasteiger partial charge in [0.2, 0.25) is 5.91 Å². The number of nitrogens with zero attached hydrogens (tertiary/aromatic N) is 2. The van der Waals surface area contributed by atoms with E-state index in [0.29, 0.717) is 45.1 Å². The predicted molar refractivity (Wildman–Crippen MR) is 140 cm³/mol. The number of esters is 1. The number of thiophene rings is 1. The zero-order chi connectivity index (χ0) is 25.7. The Kier molecular flexibility index (Phi) is 7.80. The lowest BCUT2D eigenvalue weighted by atomic mass is 10.2. The molecule has 0 spiro atoms. The lowest BCUT2D eigenvalue weighted by Crippen LogP contribution is -2.31. The second-order valence-corrected chi connectivity index (χ2v) is 9.19. The average Bonchev–Trinajstić information content (AvgIpc) is 3.23. The van der Waals surface area contributed by atoms with Gasteiger partial charge in [0.05, 0.1) is 24.9 Å². The van der Waals surface area contributed by atoms with E-state index >= 15 is 0 Å². The molecule has 2 aromatic carbocycles. The van der Waals surface area contributed by atoms with Gasteiger partial charge in [-0.05, 0) is 56.2 Å². The maximum Gasteiger partial charge on any atom is 0.348 e. The molecule has 0 radical (unpaired) electrons. The molecular formula is C27H27N3O5S. The predicted octanol–water partition coefficient (Wildman–Crippen LogP) is 4.76. The highest BCUT2D eigenvalue weighted by Crippen LogP contribution is 2.28. The fourth-order valence-electron chi connectivity index (χ4n) is 3.75. The third-order valence-corrected chi connectivity index (χ3v) is 6.94. The quantitative estimate of drug-likeness (QED) is 0.329. The molecule has 0 saturated carbocycles. The molecule has 4 aromatic rings. The van der Waals surface area contributed by atoms with E-state index in [4.69, 9.17) is 9.47 Å². The molecule has 186 valence electrons. The highest BCUT2D eigenvalue weighted by atomic mass is 32.1. The summed E-state index contributed by atoms with van der Waals surface area (Å²) in [6, 6.07) is 15.9. The van der Waals surface area contributed by atoms with Gasteiger partial charge in [0, 0.05) is 12.1 Å². The van der Waals surface area contributed by atoms with Crippen molar-refractivity contribution >= 4 is 39.1 Å². The van der Waals surface area contributed by atoms with Crippen LogP contribution < -0.4 is 15.6 Å². The van der Waals surface area contributed by atoms with Gasteiger partial charge in [-0.3, -0.25) is 14.2 Å². The third kappa shape index (κ3) is 5.46. The van der Waals surface area contributed by atoms with E-state index in [9.17, 15) is 14.4 Å². The molecule has 0 saturated heterocycles. The van der Waals surface area contributed by atoms with Crippen molar-refractivity contribution in [3.05, 3.63) is 87.3 Å². The number of amides is 1. The Morgan fingerprint density at radius 1 is 1.11 bits per heavy atom. The van der Waals surface area contributed by atoms with E-state index in [1.54, 1.807) is 38.1 Å². The number of anilines is 1.